The Morgan fingerprint density at radius 1 is 0.722 bits per heavy atom. The molecule has 88 valence electrons. The first-order chi connectivity index (χ1) is 8.77. The minimum absolute atomic E-state index is 0.570. The van der Waals surface area contributed by atoms with E-state index in [1.165, 1.54) is 16.7 Å². The van der Waals surface area contributed by atoms with Gasteiger partial charge in [0.2, 0.25) is 0 Å². The summed E-state index contributed by atoms with van der Waals surface area (Å²) in [5.41, 5.74) is 5.93. The van der Waals surface area contributed by atoms with Gasteiger partial charge in [-0.1, -0.05) is 47.5 Å². The zero-order valence-corrected chi connectivity index (χ0v) is 11.0. The number of benzene rings is 2. The molecule has 2 aromatic carbocycles. The van der Waals surface area contributed by atoms with E-state index >= 15 is 0 Å². The number of rotatable bonds is 0. The average Bonchev–Trinajstić information content (AvgIpc) is 2.92. The molecule has 0 spiro atoms. The molecular weight excluding hydrogens is 263 g/mol. The second-order valence-electron chi connectivity index (χ2n) is 5.63. The minimum Gasteiger partial charge on any atom is -0.0827 e. The highest BCUT2D eigenvalue weighted by Gasteiger charge is 2.66. The minimum atomic E-state index is 0.570. The monoisotopic (exact) mass is 272 g/mol. The summed E-state index contributed by atoms with van der Waals surface area (Å²) in [6, 6.07) is 13.1. The summed E-state index contributed by atoms with van der Waals surface area (Å²) < 4.78 is 0. The molecule has 0 aliphatic heterocycles. The summed E-state index contributed by atoms with van der Waals surface area (Å²) in [6.07, 6.45) is 0. The molecule has 1 fully saturated rings. The largest absolute Gasteiger partial charge is 0.0827 e. The first-order valence-corrected chi connectivity index (χ1v) is 7.10. The molecule has 0 bridgehead atoms. The summed E-state index contributed by atoms with van der Waals surface area (Å²) in [5.74, 6) is 2.80. The van der Waals surface area contributed by atoms with Gasteiger partial charge in [0.1, 0.15) is 0 Å². The lowest BCUT2D eigenvalue weighted by Crippen LogP contribution is -1.97. The van der Waals surface area contributed by atoms with Crippen molar-refractivity contribution in [1.82, 2.24) is 0 Å². The molecule has 0 radical (unpaired) electrons. The van der Waals surface area contributed by atoms with Crippen molar-refractivity contribution in [1.29, 1.82) is 0 Å². The number of halogens is 2. The second-order valence-corrected chi connectivity index (χ2v) is 6.45. The topological polar surface area (TPSA) is 0 Å². The van der Waals surface area contributed by atoms with Crippen LogP contribution < -0.4 is 0 Å². The van der Waals surface area contributed by atoms with E-state index in [1.807, 2.05) is 0 Å². The van der Waals surface area contributed by atoms with E-state index in [9.17, 15) is 0 Å². The Kier molecular flexibility index (Phi) is 1.62. The molecule has 18 heavy (non-hydrogen) atoms. The van der Waals surface area contributed by atoms with Crippen LogP contribution in [-0.2, 0) is 0 Å². The fourth-order valence-corrected chi connectivity index (χ4v) is 4.71. The lowest BCUT2D eigenvalue weighted by molar-refractivity contribution is 0.750. The summed E-state index contributed by atoms with van der Waals surface area (Å²) in [7, 11) is 0. The van der Waals surface area contributed by atoms with E-state index in [4.69, 9.17) is 23.2 Å². The first kappa shape index (κ1) is 9.89. The van der Waals surface area contributed by atoms with Gasteiger partial charge in [0, 0.05) is 5.92 Å². The zero-order chi connectivity index (χ0) is 12.0. The van der Waals surface area contributed by atoms with Crippen molar-refractivity contribution in [2.24, 2.45) is 5.92 Å². The number of fused-ring (bicyclic) bond motifs is 7. The molecular formula is C16H10Cl2. The van der Waals surface area contributed by atoms with Crippen molar-refractivity contribution in [3.8, 4) is 0 Å². The second kappa shape index (κ2) is 2.95. The predicted molar refractivity (Wildman–Crippen MR) is 73.7 cm³/mol. The molecule has 0 aromatic heterocycles. The Hall–Kier alpha value is -0.980. The van der Waals surface area contributed by atoms with Crippen LogP contribution in [0.5, 0.6) is 0 Å². The van der Waals surface area contributed by atoms with E-state index in [1.54, 1.807) is 5.56 Å². The van der Waals surface area contributed by atoms with Crippen molar-refractivity contribution < 1.29 is 0 Å². The van der Waals surface area contributed by atoms with E-state index in [0.717, 1.165) is 11.8 Å². The van der Waals surface area contributed by atoms with Gasteiger partial charge in [0.05, 0.1) is 10.0 Å². The Bertz CT molecular complexity index is 704. The molecule has 0 amide bonds. The van der Waals surface area contributed by atoms with Crippen LogP contribution in [-0.4, -0.2) is 0 Å². The SMILES string of the molecule is Clc1cc2c(cc1Cl)[C@@H]1[C@@H]3c4ccccc4[C@@H]2[C@H]13. The average molecular weight is 273 g/mol. The maximum atomic E-state index is 6.19. The smallest absolute Gasteiger partial charge is 0.0595 e. The summed E-state index contributed by atoms with van der Waals surface area (Å²) in [5, 5.41) is 1.39. The molecule has 3 aliphatic rings. The molecule has 2 heteroatoms. The Morgan fingerprint density at radius 3 is 2.11 bits per heavy atom. The number of hydrogen-bond acceptors (Lipinski definition) is 0. The number of hydrogen-bond donors (Lipinski definition) is 0. The molecule has 4 atom stereocenters. The maximum Gasteiger partial charge on any atom is 0.0595 e. The Labute approximate surface area is 116 Å². The maximum absolute atomic E-state index is 6.19. The van der Waals surface area contributed by atoms with Gasteiger partial charge in [-0.25, -0.2) is 0 Å². The third kappa shape index (κ3) is 0.941. The van der Waals surface area contributed by atoms with E-state index in [0.29, 0.717) is 21.9 Å². The van der Waals surface area contributed by atoms with Gasteiger partial charge in [-0.3, -0.25) is 0 Å². The highest BCUT2D eigenvalue weighted by molar-refractivity contribution is 6.42. The quantitative estimate of drug-likeness (QED) is 0.637. The van der Waals surface area contributed by atoms with Gasteiger partial charge < -0.3 is 0 Å². The lowest BCUT2D eigenvalue weighted by Gasteiger charge is -2.12. The van der Waals surface area contributed by atoms with Crippen LogP contribution in [0.1, 0.15) is 40.0 Å². The predicted octanol–water partition coefficient (Wildman–Crippen LogP) is 4.95. The van der Waals surface area contributed by atoms with E-state index in [2.05, 4.69) is 36.4 Å². The lowest BCUT2D eigenvalue weighted by atomic mass is 9.93. The van der Waals surface area contributed by atoms with Crippen molar-refractivity contribution in [2.45, 2.75) is 17.8 Å². The van der Waals surface area contributed by atoms with Gasteiger partial charge in [-0.05, 0) is 52.1 Å². The van der Waals surface area contributed by atoms with Crippen LogP contribution in [0.15, 0.2) is 36.4 Å². The van der Waals surface area contributed by atoms with Crippen molar-refractivity contribution in [2.75, 3.05) is 0 Å². The van der Waals surface area contributed by atoms with Gasteiger partial charge in [-0.15, -0.1) is 0 Å². The molecule has 5 rings (SSSR count). The van der Waals surface area contributed by atoms with Crippen molar-refractivity contribution in [3.63, 3.8) is 0 Å². The van der Waals surface area contributed by atoms with Crippen molar-refractivity contribution in [3.05, 3.63) is 68.7 Å². The van der Waals surface area contributed by atoms with Crippen molar-refractivity contribution >= 4 is 23.2 Å². The molecule has 0 saturated heterocycles. The molecule has 0 heterocycles. The summed E-state index contributed by atoms with van der Waals surface area (Å²) in [6.45, 7) is 0. The highest BCUT2D eigenvalue weighted by Crippen LogP contribution is 2.78. The van der Waals surface area contributed by atoms with Crippen LogP contribution in [0.3, 0.4) is 0 Å². The Balaban J connectivity index is 1.81. The molecule has 0 unspecified atom stereocenters. The third-order valence-electron chi connectivity index (χ3n) is 4.97. The Morgan fingerprint density at radius 2 is 1.33 bits per heavy atom. The summed E-state index contributed by atoms with van der Waals surface area (Å²) in [4.78, 5) is 0. The van der Waals surface area contributed by atoms with Gasteiger partial charge in [-0.2, -0.15) is 0 Å². The standard InChI is InChI=1S/C16H10Cl2/c17-11-5-9-10(6-12(11)18)15-14-8-4-2-1-3-7(8)13(9)16(14)15/h1-6,13-16H/t13-,14-,15+,16-/m0/s1. The fraction of sp³-hybridized carbons (Fsp3) is 0.250. The molecule has 2 aromatic rings. The van der Waals surface area contributed by atoms with Crippen LogP contribution >= 0.6 is 23.2 Å². The van der Waals surface area contributed by atoms with E-state index in [-0.39, 0.29) is 0 Å². The van der Waals surface area contributed by atoms with Crippen LogP contribution in [0.4, 0.5) is 0 Å². The molecule has 0 nitrogen and oxygen atoms in total. The fourth-order valence-electron chi connectivity index (χ4n) is 4.37. The van der Waals surface area contributed by atoms with Crippen LogP contribution in [0, 0.1) is 5.92 Å². The van der Waals surface area contributed by atoms with Gasteiger partial charge >= 0.3 is 0 Å². The normalized spacial score (nSPS) is 33.0. The molecule has 3 aliphatic carbocycles. The molecule has 1 saturated carbocycles. The third-order valence-corrected chi connectivity index (χ3v) is 5.69. The molecule has 0 N–H and O–H groups in total. The van der Waals surface area contributed by atoms with E-state index < -0.39 is 0 Å². The zero-order valence-electron chi connectivity index (χ0n) is 9.53. The summed E-state index contributed by atoms with van der Waals surface area (Å²) >= 11 is 12.4. The van der Waals surface area contributed by atoms with Gasteiger partial charge in [0.15, 0.2) is 0 Å². The highest BCUT2D eigenvalue weighted by atomic mass is 35.5. The van der Waals surface area contributed by atoms with Gasteiger partial charge in [0.25, 0.3) is 0 Å². The van der Waals surface area contributed by atoms with Crippen LogP contribution in [0.2, 0.25) is 10.0 Å². The first-order valence-electron chi connectivity index (χ1n) is 6.35. The van der Waals surface area contributed by atoms with Crippen LogP contribution in [0.25, 0.3) is 0 Å².